The third kappa shape index (κ3) is 4.43. The number of rotatable bonds is 6. The van der Waals surface area contributed by atoms with E-state index in [1.165, 1.54) is 0 Å². The SMILES string of the molecule is CC(C)OCc1cccc(CNC(=O)c2cncc3ccccc23)c1. The summed E-state index contributed by atoms with van der Waals surface area (Å²) in [7, 11) is 0. The number of carbonyl (C=O) groups is 1. The molecule has 1 aromatic heterocycles. The van der Waals surface area contributed by atoms with Crippen LogP contribution in [0.25, 0.3) is 10.8 Å². The standard InChI is InChI=1S/C21H22N2O2/c1-15(2)25-14-17-7-5-6-16(10-17)11-23-21(24)20-13-22-12-18-8-3-4-9-19(18)20/h3-10,12-13,15H,11,14H2,1-2H3,(H,23,24). The predicted octanol–water partition coefficient (Wildman–Crippen LogP) is 4.09. The van der Waals surface area contributed by atoms with Crippen LogP contribution in [0.2, 0.25) is 0 Å². The monoisotopic (exact) mass is 334 g/mol. The van der Waals surface area contributed by atoms with Gasteiger partial charge in [0, 0.05) is 24.3 Å². The van der Waals surface area contributed by atoms with Crippen molar-refractivity contribution in [3.8, 4) is 0 Å². The van der Waals surface area contributed by atoms with Gasteiger partial charge in [0.2, 0.25) is 0 Å². The fourth-order valence-corrected chi connectivity index (χ4v) is 2.67. The second kappa shape index (κ2) is 7.90. The molecule has 0 bridgehead atoms. The highest BCUT2D eigenvalue weighted by atomic mass is 16.5. The molecule has 0 radical (unpaired) electrons. The second-order valence-corrected chi connectivity index (χ2v) is 6.27. The van der Waals surface area contributed by atoms with Gasteiger partial charge in [-0.1, -0.05) is 48.5 Å². The summed E-state index contributed by atoms with van der Waals surface area (Å²) in [5, 5.41) is 4.85. The Morgan fingerprint density at radius 2 is 1.88 bits per heavy atom. The molecule has 0 aliphatic rings. The van der Waals surface area contributed by atoms with Crippen LogP contribution in [-0.2, 0) is 17.9 Å². The van der Waals surface area contributed by atoms with Gasteiger partial charge in [-0.05, 0) is 30.4 Å². The lowest BCUT2D eigenvalue weighted by atomic mass is 10.1. The van der Waals surface area contributed by atoms with Crippen molar-refractivity contribution in [1.82, 2.24) is 10.3 Å². The highest BCUT2D eigenvalue weighted by Gasteiger charge is 2.10. The molecular weight excluding hydrogens is 312 g/mol. The van der Waals surface area contributed by atoms with E-state index in [0.717, 1.165) is 21.9 Å². The maximum absolute atomic E-state index is 12.6. The van der Waals surface area contributed by atoms with Crippen molar-refractivity contribution in [3.05, 3.63) is 77.6 Å². The molecule has 1 N–H and O–H groups in total. The molecule has 4 heteroatoms. The van der Waals surface area contributed by atoms with Crippen molar-refractivity contribution in [3.63, 3.8) is 0 Å². The van der Waals surface area contributed by atoms with Crippen molar-refractivity contribution in [2.45, 2.75) is 33.1 Å². The zero-order valence-electron chi connectivity index (χ0n) is 14.5. The summed E-state index contributed by atoms with van der Waals surface area (Å²) in [6.45, 7) is 5.08. The fraction of sp³-hybridized carbons (Fsp3) is 0.238. The van der Waals surface area contributed by atoms with E-state index < -0.39 is 0 Å². The van der Waals surface area contributed by atoms with E-state index in [4.69, 9.17) is 4.74 Å². The average molecular weight is 334 g/mol. The first-order chi connectivity index (χ1) is 12.1. The minimum Gasteiger partial charge on any atom is -0.374 e. The Morgan fingerprint density at radius 3 is 2.72 bits per heavy atom. The van der Waals surface area contributed by atoms with Crippen LogP contribution in [0.15, 0.2) is 60.9 Å². The number of benzene rings is 2. The summed E-state index contributed by atoms with van der Waals surface area (Å²) in [6, 6.07) is 15.8. The van der Waals surface area contributed by atoms with Crippen LogP contribution < -0.4 is 5.32 Å². The number of amides is 1. The van der Waals surface area contributed by atoms with Crippen LogP contribution in [0, 0.1) is 0 Å². The number of fused-ring (bicyclic) bond motifs is 1. The van der Waals surface area contributed by atoms with Gasteiger partial charge >= 0.3 is 0 Å². The summed E-state index contributed by atoms with van der Waals surface area (Å²) in [6.07, 6.45) is 3.58. The molecule has 0 fully saturated rings. The Bertz CT molecular complexity index is 869. The van der Waals surface area contributed by atoms with Gasteiger partial charge in [0.05, 0.1) is 18.3 Å². The Kier molecular flexibility index (Phi) is 5.41. The lowest BCUT2D eigenvalue weighted by Gasteiger charge is -2.10. The van der Waals surface area contributed by atoms with Gasteiger partial charge in [0.25, 0.3) is 5.91 Å². The van der Waals surface area contributed by atoms with Crippen molar-refractivity contribution < 1.29 is 9.53 Å². The first-order valence-corrected chi connectivity index (χ1v) is 8.44. The van der Waals surface area contributed by atoms with Crippen molar-refractivity contribution >= 4 is 16.7 Å². The maximum atomic E-state index is 12.6. The van der Waals surface area contributed by atoms with Gasteiger partial charge < -0.3 is 10.1 Å². The van der Waals surface area contributed by atoms with Gasteiger partial charge in [-0.25, -0.2) is 0 Å². The molecular formula is C21H22N2O2. The maximum Gasteiger partial charge on any atom is 0.253 e. The largest absolute Gasteiger partial charge is 0.374 e. The number of pyridine rings is 1. The molecule has 1 amide bonds. The quantitative estimate of drug-likeness (QED) is 0.739. The summed E-state index contributed by atoms with van der Waals surface area (Å²) >= 11 is 0. The molecule has 0 atom stereocenters. The number of carbonyl (C=O) groups excluding carboxylic acids is 1. The summed E-state index contributed by atoms with van der Waals surface area (Å²) in [5.41, 5.74) is 2.75. The summed E-state index contributed by atoms with van der Waals surface area (Å²) in [4.78, 5) is 16.7. The Labute approximate surface area is 147 Å². The normalized spacial score (nSPS) is 11.0. The molecule has 2 aromatic carbocycles. The third-order valence-corrected chi connectivity index (χ3v) is 3.94. The van der Waals surface area contributed by atoms with Crippen molar-refractivity contribution in [2.75, 3.05) is 0 Å². The lowest BCUT2D eigenvalue weighted by molar-refractivity contribution is 0.0657. The van der Waals surface area contributed by atoms with E-state index in [-0.39, 0.29) is 12.0 Å². The molecule has 0 saturated carbocycles. The molecule has 0 aliphatic carbocycles. The Morgan fingerprint density at radius 1 is 1.08 bits per heavy atom. The van der Waals surface area contributed by atoms with E-state index in [9.17, 15) is 4.79 Å². The highest BCUT2D eigenvalue weighted by molar-refractivity contribution is 6.06. The summed E-state index contributed by atoms with van der Waals surface area (Å²) < 4.78 is 5.63. The van der Waals surface area contributed by atoms with Crippen LogP contribution >= 0.6 is 0 Å². The van der Waals surface area contributed by atoms with Gasteiger partial charge in [0.15, 0.2) is 0 Å². The van der Waals surface area contributed by atoms with Crippen LogP contribution in [-0.4, -0.2) is 17.0 Å². The van der Waals surface area contributed by atoms with Crippen LogP contribution in [0.3, 0.4) is 0 Å². The fourth-order valence-electron chi connectivity index (χ4n) is 2.67. The van der Waals surface area contributed by atoms with Crippen LogP contribution in [0.1, 0.15) is 35.3 Å². The number of hydrogen-bond donors (Lipinski definition) is 1. The minimum atomic E-state index is -0.117. The Balaban J connectivity index is 1.69. The molecule has 1 heterocycles. The van der Waals surface area contributed by atoms with Crippen LogP contribution in [0.5, 0.6) is 0 Å². The lowest BCUT2D eigenvalue weighted by Crippen LogP contribution is -2.23. The molecule has 0 aliphatic heterocycles. The van der Waals surface area contributed by atoms with E-state index in [0.29, 0.717) is 18.7 Å². The van der Waals surface area contributed by atoms with Crippen LogP contribution in [0.4, 0.5) is 0 Å². The number of hydrogen-bond acceptors (Lipinski definition) is 3. The topological polar surface area (TPSA) is 51.2 Å². The molecule has 25 heavy (non-hydrogen) atoms. The van der Waals surface area contributed by atoms with E-state index in [1.54, 1.807) is 12.4 Å². The second-order valence-electron chi connectivity index (χ2n) is 6.27. The molecule has 4 nitrogen and oxygen atoms in total. The molecule has 3 aromatic rings. The first kappa shape index (κ1) is 17.1. The molecule has 0 spiro atoms. The summed E-state index contributed by atoms with van der Waals surface area (Å²) in [5.74, 6) is -0.117. The first-order valence-electron chi connectivity index (χ1n) is 8.44. The molecule has 3 rings (SSSR count). The number of nitrogens with one attached hydrogen (secondary N) is 1. The van der Waals surface area contributed by atoms with Gasteiger partial charge in [-0.3, -0.25) is 9.78 Å². The van der Waals surface area contributed by atoms with E-state index >= 15 is 0 Å². The number of nitrogens with zero attached hydrogens (tertiary/aromatic N) is 1. The van der Waals surface area contributed by atoms with E-state index in [2.05, 4.69) is 16.4 Å². The van der Waals surface area contributed by atoms with Crippen molar-refractivity contribution in [2.24, 2.45) is 0 Å². The number of aromatic nitrogens is 1. The molecule has 0 saturated heterocycles. The van der Waals surface area contributed by atoms with Gasteiger partial charge in [0.1, 0.15) is 0 Å². The minimum absolute atomic E-state index is 0.117. The zero-order chi connectivity index (χ0) is 17.6. The van der Waals surface area contributed by atoms with Crippen molar-refractivity contribution in [1.29, 1.82) is 0 Å². The smallest absolute Gasteiger partial charge is 0.253 e. The average Bonchev–Trinajstić information content (AvgIpc) is 2.64. The van der Waals surface area contributed by atoms with Gasteiger partial charge in [-0.15, -0.1) is 0 Å². The molecule has 0 unspecified atom stereocenters. The van der Waals surface area contributed by atoms with Gasteiger partial charge in [-0.2, -0.15) is 0 Å². The highest BCUT2D eigenvalue weighted by Crippen LogP contribution is 2.17. The third-order valence-electron chi connectivity index (χ3n) is 3.94. The number of ether oxygens (including phenoxy) is 1. The van der Waals surface area contributed by atoms with E-state index in [1.807, 2.05) is 56.3 Å². The Hall–Kier alpha value is -2.72. The predicted molar refractivity (Wildman–Crippen MR) is 99.3 cm³/mol. The molecule has 128 valence electrons. The zero-order valence-corrected chi connectivity index (χ0v) is 14.5.